The third-order valence-electron chi connectivity index (χ3n) is 3.14. The lowest BCUT2D eigenvalue weighted by atomic mass is 9.98. The molecule has 2 rings (SSSR count). The summed E-state index contributed by atoms with van der Waals surface area (Å²) in [6, 6.07) is 13.5. The highest BCUT2D eigenvalue weighted by molar-refractivity contribution is 5.67. The molecule has 1 nitrogen and oxygen atoms in total. The van der Waals surface area contributed by atoms with Crippen LogP contribution in [0.4, 0.5) is 4.39 Å². The first kappa shape index (κ1) is 13.8. The molecule has 0 saturated carbocycles. The van der Waals surface area contributed by atoms with Crippen LogP contribution in [-0.4, -0.2) is 6.04 Å². The summed E-state index contributed by atoms with van der Waals surface area (Å²) in [6.45, 7) is 7.20. The fourth-order valence-corrected chi connectivity index (χ4v) is 2.14. The molecule has 19 heavy (non-hydrogen) atoms. The van der Waals surface area contributed by atoms with Crippen molar-refractivity contribution in [3.63, 3.8) is 0 Å². The molecule has 0 aliphatic rings. The molecule has 0 aliphatic heterocycles. The Kier molecular flexibility index (Phi) is 4.33. The minimum atomic E-state index is -0.192. The van der Waals surface area contributed by atoms with Crippen LogP contribution in [0.2, 0.25) is 0 Å². The zero-order valence-corrected chi connectivity index (χ0v) is 11.7. The Labute approximate surface area is 114 Å². The molecule has 0 radical (unpaired) electrons. The van der Waals surface area contributed by atoms with E-state index in [0.717, 1.165) is 17.7 Å². The quantitative estimate of drug-likeness (QED) is 0.861. The molecule has 100 valence electrons. The maximum absolute atomic E-state index is 13.3. The normalized spacial score (nSPS) is 11.0. The van der Waals surface area contributed by atoms with Crippen LogP contribution in [0.1, 0.15) is 25.0 Å². The van der Waals surface area contributed by atoms with Gasteiger partial charge < -0.3 is 5.32 Å². The second kappa shape index (κ2) is 5.98. The molecule has 2 aromatic carbocycles. The van der Waals surface area contributed by atoms with Crippen molar-refractivity contribution in [1.29, 1.82) is 0 Å². The molecule has 0 unspecified atom stereocenters. The van der Waals surface area contributed by atoms with E-state index in [1.807, 2.05) is 6.07 Å². The number of hydrogen-bond donors (Lipinski definition) is 1. The molecule has 0 spiro atoms. The maximum Gasteiger partial charge on any atom is 0.123 e. The zero-order valence-electron chi connectivity index (χ0n) is 11.7. The molecule has 0 aromatic heterocycles. The summed E-state index contributed by atoms with van der Waals surface area (Å²) in [4.78, 5) is 0. The first-order valence-electron chi connectivity index (χ1n) is 6.65. The van der Waals surface area contributed by atoms with Gasteiger partial charge in [0.25, 0.3) is 0 Å². The van der Waals surface area contributed by atoms with Gasteiger partial charge in [-0.1, -0.05) is 44.2 Å². The standard InChI is InChI=1S/C17H20FN/c1-12(2)19-11-14-7-8-17(13(3)9-14)15-5-4-6-16(18)10-15/h4-10,12,19H,11H2,1-3H3. The van der Waals surface area contributed by atoms with Crippen LogP contribution in [0, 0.1) is 12.7 Å². The molecule has 0 saturated heterocycles. The van der Waals surface area contributed by atoms with E-state index in [1.54, 1.807) is 12.1 Å². The van der Waals surface area contributed by atoms with Gasteiger partial charge in [0.1, 0.15) is 5.82 Å². The molecule has 1 N–H and O–H groups in total. The van der Waals surface area contributed by atoms with Gasteiger partial charge in [0, 0.05) is 12.6 Å². The van der Waals surface area contributed by atoms with Crippen LogP contribution in [0.5, 0.6) is 0 Å². The van der Waals surface area contributed by atoms with Gasteiger partial charge in [-0.25, -0.2) is 4.39 Å². The van der Waals surface area contributed by atoms with Gasteiger partial charge in [0.2, 0.25) is 0 Å². The van der Waals surface area contributed by atoms with E-state index < -0.39 is 0 Å². The Bertz CT molecular complexity index is 561. The molecular formula is C17H20FN. The predicted molar refractivity (Wildman–Crippen MR) is 78.5 cm³/mol. The number of aryl methyl sites for hydroxylation is 1. The average molecular weight is 257 g/mol. The molecular weight excluding hydrogens is 237 g/mol. The van der Waals surface area contributed by atoms with Gasteiger partial charge in [0.05, 0.1) is 0 Å². The van der Waals surface area contributed by atoms with Crippen molar-refractivity contribution in [2.75, 3.05) is 0 Å². The summed E-state index contributed by atoms with van der Waals surface area (Å²) in [5.41, 5.74) is 4.45. The summed E-state index contributed by atoms with van der Waals surface area (Å²) in [6.07, 6.45) is 0. The van der Waals surface area contributed by atoms with Crippen molar-refractivity contribution in [3.8, 4) is 11.1 Å². The Balaban J connectivity index is 2.24. The van der Waals surface area contributed by atoms with Crippen LogP contribution in [0.15, 0.2) is 42.5 Å². The van der Waals surface area contributed by atoms with E-state index in [9.17, 15) is 4.39 Å². The minimum absolute atomic E-state index is 0.192. The first-order chi connectivity index (χ1) is 9.06. The molecule has 0 bridgehead atoms. The van der Waals surface area contributed by atoms with Gasteiger partial charge in [-0.2, -0.15) is 0 Å². The van der Waals surface area contributed by atoms with Crippen LogP contribution in [0.3, 0.4) is 0 Å². The van der Waals surface area contributed by atoms with Gasteiger partial charge in [-0.15, -0.1) is 0 Å². The molecule has 0 fully saturated rings. The Morgan fingerprint density at radius 3 is 2.53 bits per heavy atom. The summed E-state index contributed by atoms with van der Waals surface area (Å²) in [5.74, 6) is -0.192. The van der Waals surface area contributed by atoms with E-state index in [1.165, 1.54) is 17.2 Å². The van der Waals surface area contributed by atoms with Crippen LogP contribution in [0.25, 0.3) is 11.1 Å². The predicted octanol–water partition coefficient (Wildman–Crippen LogP) is 4.30. The van der Waals surface area contributed by atoms with E-state index in [2.05, 4.69) is 44.3 Å². The molecule has 2 heteroatoms. The van der Waals surface area contributed by atoms with E-state index in [4.69, 9.17) is 0 Å². The highest BCUT2D eigenvalue weighted by Crippen LogP contribution is 2.24. The van der Waals surface area contributed by atoms with E-state index in [-0.39, 0.29) is 5.82 Å². The number of nitrogens with one attached hydrogen (secondary N) is 1. The topological polar surface area (TPSA) is 12.0 Å². The Morgan fingerprint density at radius 2 is 1.89 bits per heavy atom. The second-order valence-corrected chi connectivity index (χ2v) is 5.20. The van der Waals surface area contributed by atoms with Crippen molar-refractivity contribution >= 4 is 0 Å². The monoisotopic (exact) mass is 257 g/mol. The van der Waals surface area contributed by atoms with Crippen molar-refractivity contribution in [1.82, 2.24) is 5.32 Å². The summed E-state index contributed by atoms with van der Waals surface area (Å²) < 4.78 is 13.3. The highest BCUT2D eigenvalue weighted by Gasteiger charge is 2.04. The summed E-state index contributed by atoms with van der Waals surface area (Å²) in [5, 5.41) is 3.40. The molecule has 0 amide bonds. The summed E-state index contributed by atoms with van der Waals surface area (Å²) >= 11 is 0. The zero-order chi connectivity index (χ0) is 13.8. The Hall–Kier alpha value is -1.67. The second-order valence-electron chi connectivity index (χ2n) is 5.20. The fourth-order valence-electron chi connectivity index (χ4n) is 2.14. The van der Waals surface area contributed by atoms with Crippen molar-refractivity contribution in [2.24, 2.45) is 0 Å². The smallest absolute Gasteiger partial charge is 0.123 e. The van der Waals surface area contributed by atoms with Crippen molar-refractivity contribution < 1.29 is 4.39 Å². The lowest BCUT2D eigenvalue weighted by Gasteiger charge is -2.11. The van der Waals surface area contributed by atoms with Crippen molar-refractivity contribution in [3.05, 3.63) is 59.4 Å². The van der Waals surface area contributed by atoms with Crippen molar-refractivity contribution in [2.45, 2.75) is 33.4 Å². The average Bonchev–Trinajstić information content (AvgIpc) is 2.36. The lowest BCUT2D eigenvalue weighted by molar-refractivity contribution is 0.589. The molecule has 2 aromatic rings. The number of rotatable bonds is 4. The third kappa shape index (κ3) is 3.65. The number of halogens is 1. The number of hydrogen-bond acceptors (Lipinski definition) is 1. The van der Waals surface area contributed by atoms with E-state index >= 15 is 0 Å². The third-order valence-corrected chi connectivity index (χ3v) is 3.14. The van der Waals surface area contributed by atoms with Gasteiger partial charge in [-0.05, 0) is 41.3 Å². The minimum Gasteiger partial charge on any atom is -0.310 e. The van der Waals surface area contributed by atoms with E-state index in [0.29, 0.717) is 6.04 Å². The van der Waals surface area contributed by atoms with Crippen LogP contribution < -0.4 is 5.32 Å². The lowest BCUT2D eigenvalue weighted by Crippen LogP contribution is -2.21. The SMILES string of the molecule is Cc1cc(CNC(C)C)ccc1-c1cccc(F)c1. The number of benzene rings is 2. The van der Waals surface area contributed by atoms with Gasteiger partial charge in [-0.3, -0.25) is 0 Å². The van der Waals surface area contributed by atoms with Crippen LogP contribution >= 0.6 is 0 Å². The fraction of sp³-hybridized carbons (Fsp3) is 0.294. The summed E-state index contributed by atoms with van der Waals surface area (Å²) in [7, 11) is 0. The van der Waals surface area contributed by atoms with Gasteiger partial charge in [0.15, 0.2) is 0 Å². The highest BCUT2D eigenvalue weighted by atomic mass is 19.1. The van der Waals surface area contributed by atoms with Gasteiger partial charge >= 0.3 is 0 Å². The molecule has 0 aliphatic carbocycles. The maximum atomic E-state index is 13.3. The molecule has 0 heterocycles. The first-order valence-corrected chi connectivity index (χ1v) is 6.65. The van der Waals surface area contributed by atoms with Crippen LogP contribution in [-0.2, 0) is 6.54 Å². The Morgan fingerprint density at radius 1 is 1.11 bits per heavy atom. The molecule has 0 atom stereocenters. The largest absolute Gasteiger partial charge is 0.310 e.